The Kier molecular flexibility index (Phi) is 4.40. The fourth-order valence-corrected chi connectivity index (χ4v) is 1.52. The fourth-order valence-electron chi connectivity index (χ4n) is 1.05. The molecule has 0 aliphatic heterocycles. The highest BCUT2D eigenvalue weighted by Crippen LogP contribution is 2.31. The van der Waals surface area contributed by atoms with Gasteiger partial charge in [-0.15, -0.1) is 0 Å². The molecule has 0 aliphatic carbocycles. The van der Waals surface area contributed by atoms with Crippen LogP contribution in [0.25, 0.3) is 0 Å². The molecule has 0 fully saturated rings. The number of hydrogen-bond donors (Lipinski definition) is 1. The average molecular weight is 297 g/mol. The van der Waals surface area contributed by atoms with Crippen LogP contribution in [0.3, 0.4) is 0 Å². The Morgan fingerprint density at radius 3 is 2.42 bits per heavy atom. The van der Waals surface area contributed by atoms with Gasteiger partial charge in [0.05, 0.1) is 5.69 Å². The molecule has 0 saturated carbocycles. The average Bonchev–Trinajstić information content (AvgIpc) is 2.29. The van der Waals surface area contributed by atoms with Crippen molar-refractivity contribution < 1.29 is 30.6 Å². The highest BCUT2D eigenvalue weighted by molar-refractivity contribution is 7.88. The van der Waals surface area contributed by atoms with E-state index in [2.05, 4.69) is 9.50 Å². The highest BCUT2D eigenvalue weighted by atomic mass is 32.2. The van der Waals surface area contributed by atoms with Crippen LogP contribution >= 0.6 is 0 Å². The summed E-state index contributed by atoms with van der Waals surface area (Å²) in [5.41, 5.74) is -5.68. The van der Waals surface area contributed by atoms with Crippen molar-refractivity contribution in [2.24, 2.45) is 0 Å². The van der Waals surface area contributed by atoms with Gasteiger partial charge in [0.15, 0.2) is 5.75 Å². The van der Waals surface area contributed by atoms with E-state index in [0.29, 0.717) is 0 Å². The van der Waals surface area contributed by atoms with E-state index in [-0.39, 0.29) is 12.1 Å². The van der Waals surface area contributed by atoms with Gasteiger partial charge >= 0.3 is 15.6 Å². The molecule has 0 heterocycles. The van der Waals surface area contributed by atoms with E-state index >= 15 is 0 Å². The highest BCUT2D eigenvalue weighted by Gasteiger charge is 2.48. The van der Waals surface area contributed by atoms with Crippen LogP contribution in [0, 0.1) is 0 Å². The first-order chi connectivity index (χ1) is 8.67. The predicted molar refractivity (Wildman–Crippen MR) is 61.0 cm³/mol. The maximum Gasteiger partial charge on any atom is 0.534 e. The van der Waals surface area contributed by atoms with Crippen LogP contribution in [0.4, 0.5) is 18.9 Å². The number of rotatable bonds is 4. The van der Waals surface area contributed by atoms with Gasteiger partial charge in [-0.25, -0.2) is 0 Å². The molecule has 1 aromatic carbocycles. The molecule has 0 aromatic heterocycles. The summed E-state index contributed by atoms with van der Waals surface area (Å²) in [5.74, 6) is -1.08. The molecule has 19 heavy (non-hydrogen) atoms. The molecule has 0 atom stereocenters. The third kappa shape index (κ3) is 3.85. The fraction of sp³-hybridized carbons (Fsp3) is 0.300. The Bertz CT molecular complexity index is 568. The first-order valence-corrected chi connectivity index (χ1v) is 6.48. The lowest BCUT2D eigenvalue weighted by Crippen LogP contribution is -2.28. The zero-order chi connectivity index (χ0) is 14.7. The van der Waals surface area contributed by atoms with Crippen molar-refractivity contribution in [1.82, 2.24) is 0 Å². The van der Waals surface area contributed by atoms with Crippen LogP contribution in [0.15, 0.2) is 24.3 Å². The summed E-state index contributed by atoms with van der Waals surface area (Å²) in [6.45, 7) is 1.53. The van der Waals surface area contributed by atoms with Crippen molar-refractivity contribution in [1.29, 1.82) is 0 Å². The van der Waals surface area contributed by atoms with Crippen molar-refractivity contribution in [2.75, 3.05) is 5.32 Å². The second kappa shape index (κ2) is 5.47. The molecular formula is C10H10F3NO4S. The molecule has 5 nitrogen and oxygen atoms in total. The van der Waals surface area contributed by atoms with E-state index in [9.17, 15) is 26.4 Å². The zero-order valence-corrected chi connectivity index (χ0v) is 10.5. The summed E-state index contributed by atoms with van der Waals surface area (Å²) in [7, 11) is -5.77. The normalized spacial score (nSPS) is 12.0. The number of alkyl halides is 3. The van der Waals surface area contributed by atoms with Crippen molar-refractivity contribution >= 4 is 21.7 Å². The Morgan fingerprint density at radius 2 is 1.89 bits per heavy atom. The number of nitrogens with one attached hydrogen (secondary N) is 1. The van der Waals surface area contributed by atoms with E-state index in [1.165, 1.54) is 25.1 Å². The lowest BCUT2D eigenvalue weighted by atomic mass is 10.3. The van der Waals surface area contributed by atoms with Gasteiger partial charge in [-0.1, -0.05) is 19.1 Å². The topological polar surface area (TPSA) is 72.5 Å². The number of hydrogen-bond acceptors (Lipinski definition) is 4. The lowest BCUT2D eigenvalue weighted by molar-refractivity contribution is -0.115. The van der Waals surface area contributed by atoms with Crippen molar-refractivity contribution in [3.63, 3.8) is 0 Å². The smallest absolute Gasteiger partial charge is 0.374 e. The van der Waals surface area contributed by atoms with Gasteiger partial charge in [-0.2, -0.15) is 21.6 Å². The molecular weight excluding hydrogens is 287 g/mol. The van der Waals surface area contributed by atoms with Gasteiger partial charge in [-0.05, 0) is 12.1 Å². The molecule has 106 valence electrons. The molecule has 0 unspecified atom stereocenters. The van der Waals surface area contributed by atoms with Gasteiger partial charge < -0.3 is 9.50 Å². The Morgan fingerprint density at radius 1 is 1.32 bits per heavy atom. The molecule has 0 bridgehead atoms. The van der Waals surface area contributed by atoms with E-state index in [1.807, 2.05) is 0 Å². The summed E-state index contributed by atoms with van der Waals surface area (Å²) in [6.07, 6.45) is 0.0837. The Hall–Kier alpha value is -1.77. The molecule has 9 heteroatoms. The SMILES string of the molecule is CCC(=O)Nc1ccccc1OS(=O)(=O)C(F)(F)F. The molecule has 1 aromatic rings. The standard InChI is InChI=1S/C10H10F3NO4S/c1-2-9(15)14-7-5-3-4-6-8(7)18-19(16,17)10(11,12)13/h3-6H,2H2,1H3,(H,14,15). The van der Waals surface area contributed by atoms with Crippen LogP contribution in [-0.4, -0.2) is 19.8 Å². The number of halogens is 3. The number of para-hydroxylation sites is 2. The van der Waals surface area contributed by atoms with Gasteiger partial charge in [-0.3, -0.25) is 4.79 Å². The van der Waals surface area contributed by atoms with Crippen LogP contribution in [0.2, 0.25) is 0 Å². The number of benzene rings is 1. The molecule has 1 rings (SSSR count). The summed E-state index contributed by atoms with van der Waals surface area (Å²) in [4.78, 5) is 11.2. The van der Waals surface area contributed by atoms with E-state index in [1.54, 1.807) is 0 Å². The van der Waals surface area contributed by atoms with Gasteiger partial charge in [0.1, 0.15) is 0 Å². The quantitative estimate of drug-likeness (QED) is 0.683. The summed E-state index contributed by atoms with van der Waals surface area (Å²) in [6, 6.07) is 4.94. The molecule has 0 spiro atoms. The first-order valence-electron chi connectivity index (χ1n) is 5.07. The number of carbonyl (C=O) groups is 1. The molecule has 1 N–H and O–H groups in total. The zero-order valence-electron chi connectivity index (χ0n) is 9.69. The first kappa shape index (κ1) is 15.3. The lowest BCUT2D eigenvalue weighted by Gasteiger charge is -2.13. The van der Waals surface area contributed by atoms with Gasteiger partial charge in [0.2, 0.25) is 5.91 Å². The second-order valence-electron chi connectivity index (χ2n) is 3.38. The van der Waals surface area contributed by atoms with E-state index < -0.39 is 27.3 Å². The molecule has 0 aliphatic rings. The maximum absolute atomic E-state index is 12.2. The van der Waals surface area contributed by atoms with Crippen LogP contribution in [-0.2, 0) is 14.9 Å². The minimum atomic E-state index is -5.77. The molecule has 1 amide bonds. The minimum Gasteiger partial charge on any atom is -0.374 e. The van der Waals surface area contributed by atoms with Crippen LogP contribution in [0.5, 0.6) is 5.75 Å². The third-order valence-electron chi connectivity index (χ3n) is 1.97. The number of carbonyl (C=O) groups excluding carboxylic acids is 1. The van der Waals surface area contributed by atoms with Crippen molar-refractivity contribution in [2.45, 2.75) is 18.9 Å². The summed E-state index contributed by atoms with van der Waals surface area (Å²) in [5, 5.41) is 2.24. The Labute approximate surface area is 107 Å². The largest absolute Gasteiger partial charge is 0.534 e. The summed E-state index contributed by atoms with van der Waals surface area (Å²) >= 11 is 0. The van der Waals surface area contributed by atoms with E-state index in [4.69, 9.17) is 0 Å². The van der Waals surface area contributed by atoms with Crippen LogP contribution < -0.4 is 9.50 Å². The van der Waals surface area contributed by atoms with E-state index in [0.717, 1.165) is 6.07 Å². The second-order valence-corrected chi connectivity index (χ2v) is 4.92. The number of amides is 1. The van der Waals surface area contributed by atoms with Gasteiger partial charge in [0, 0.05) is 6.42 Å². The van der Waals surface area contributed by atoms with Gasteiger partial charge in [0.25, 0.3) is 0 Å². The van der Waals surface area contributed by atoms with Crippen molar-refractivity contribution in [3.05, 3.63) is 24.3 Å². The summed E-state index contributed by atoms with van der Waals surface area (Å²) < 4.78 is 62.3. The van der Waals surface area contributed by atoms with Crippen LogP contribution in [0.1, 0.15) is 13.3 Å². The third-order valence-corrected chi connectivity index (χ3v) is 2.93. The predicted octanol–water partition coefficient (Wildman–Crippen LogP) is 2.26. The molecule has 0 saturated heterocycles. The van der Waals surface area contributed by atoms with Crippen molar-refractivity contribution in [3.8, 4) is 5.75 Å². The Balaban J connectivity index is 3.06. The minimum absolute atomic E-state index is 0.0837. The molecule has 0 radical (unpaired) electrons. The number of anilines is 1. The maximum atomic E-state index is 12.2. The monoisotopic (exact) mass is 297 g/mol.